The Hall–Kier alpha value is -3.98. The number of hydroxylamine groups is 2. The molecular weight excluding hydrogens is 488 g/mol. The molecule has 4 amide bonds. The highest BCUT2D eigenvalue weighted by Crippen LogP contribution is 2.63. The number of hydrogen-bond acceptors (Lipinski definition) is 7. The van der Waals surface area contributed by atoms with E-state index in [0.717, 1.165) is 5.57 Å². The summed E-state index contributed by atoms with van der Waals surface area (Å²) in [6.07, 6.45) is 2.35. The third-order valence-corrected chi connectivity index (χ3v) is 8.88. The van der Waals surface area contributed by atoms with Gasteiger partial charge < -0.3 is 9.84 Å². The van der Waals surface area contributed by atoms with E-state index in [1.165, 1.54) is 11.0 Å². The first-order valence-electron chi connectivity index (χ1n) is 12.9. The van der Waals surface area contributed by atoms with Crippen LogP contribution in [0.1, 0.15) is 38.2 Å². The van der Waals surface area contributed by atoms with Gasteiger partial charge in [-0.05, 0) is 62.4 Å². The second-order valence-electron chi connectivity index (χ2n) is 10.6. The van der Waals surface area contributed by atoms with Crippen LogP contribution in [0.2, 0.25) is 0 Å². The van der Waals surface area contributed by atoms with Gasteiger partial charge in [0.25, 0.3) is 11.8 Å². The van der Waals surface area contributed by atoms with Crippen molar-refractivity contribution in [1.29, 1.82) is 0 Å². The fourth-order valence-electron chi connectivity index (χ4n) is 7.18. The van der Waals surface area contributed by atoms with Crippen LogP contribution in [0.25, 0.3) is 0 Å². The van der Waals surface area contributed by atoms with Crippen LogP contribution in [0.3, 0.4) is 0 Å². The minimum absolute atomic E-state index is 0.0467. The van der Waals surface area contributed by atoms with Gasteiger partial charge in [-0.2, -0.15) is 5.06 Å². The van der Waals surface area contributed by atoms with Crippen molar-refractivity contribution in [2.75, 3.05) is 11.5 Å². The maximum absolute atomic E-state index is 14.2. The summed E-state index contributed by atoms with van der Waals surface area (Å²) in [5.74, 6) is -5.19. The number of ether oxygens (including phenoxy) is 1. The van der Waals surface area contributed by atoms with Crippen molar-refractivity contribution < 1.29 is 34.2 Å². The molecule has 6 rings (SSSR count). The first-order chi connectivity index (χ1) is 18.2. The molecule has 196 valence electrons. The van der Waals surface area contributed by atoms with Gasteiger partial charge in [0.15, 0.2) is 11.5 Å². The van der Waals surface area contributed by atoms with Crippen LogP contribution in [0.4, 0.5) is 5.69 Å². The quantitative estimate of drug-likeness (QED) is 0.363. The topological polar surface area (TPSA) is 124 Å². The predicted octanol–water partition coefficient (Wildman–Crippen LogP) is 3.41. The molecule has 0 aromatic heterocycles. The number of rotatable bonds is 4. The monoisotopic (exact) mass is 516 g/mol. The summed E-state index contributed by atoms with van der Waals surface area (Å²) in [6, 6.07) is 13.7. The fourth-order valence-corrected chi connectivity index (χ4v) is 7.18. The highest BCUT2D eigenvalue weighted by molar-refractivity contribution is 6.24. The number of benzene rings is 2. The maximum Gasteiger partial charge on any atom is 0.257 e. The maximum atomic E-state index is 14.2. The van der Waals surface area contributed by atoms with E-state index in [9.17, 15) is 29.5 Å². The second-order valence-corrected chi connectivity index (χ2v) is 10.6. The summed E-state index contributed by atoms with van der Waals surface area (Å²) in [4.78, 5) is 55.1. The Kier molecular flexibility index (Phi) is 5.47. The van der Waals surface area contributed by atoms with Crippen molar-refractivity contribution in [3.8, 4) is 11.5 Å². The van der Waals surface area contributed by atoms with Crippen LogP contribution in [0.5, 0.6) is 11.5 Å². The molecule has 2 aliphatic heterocycles. The van der Waals surface area contributed by atoms with E-state index >= 15 is 0 Å². The summed E-state index contributed by atoms with van der Waals surface area (Å²) in [6.45, 7) is 3.91. The molecule has 0 unspecified atom stereocenters. The number of carbonyl (C=O) groups excluding carboxylic acids is 4. The normalized spacial score (nSPS) is 32.2. The molecule has 0 spiro atoms. The number of carbonyl (C=O) groups is 4. The molecule has 3 fully saturated rings. The number of fused-ring (bicyclic) bond motifs is 4. The van der Waals surface area contributed by atoms with Gasteiger partial charge in [0.05, 0.1) is 35.5 Å². The number of phenols is 1. The number of anilines is 1. The van der Waals surface area contributed by atoms with Gasteiger partial charge in [0.2, 0.25) is 11.8 Å². The molecule has 2 saturated heterocycles. The lowest BCUT2D eigenvalue weighted by Gasteiger charge is -2.49. The Labute approximate surface area is 219 Å². The Morgan fingerprint density at radius 3 is 2.45 bits per heavy atom. The molecule has 6 atom stereocenters. The van der Waals surface area contributed by atoms with Crippen LogP contribution >= 0.6 is 0 Å². The lowest BCUT2D eigenvalue weighted by atomic mass is 9.51. The lowest BCUT2D eigenvalue weighted by Crippen LogP contribution is -2.48. The van der Waals surface area contributed by atoms with Gasteiger partial charge >= 0.3 is 0 Å². The third kappa shape index (κ3) is 3.14. The van der Waals surface area contributed by atoms with E-state index < -0.39 is 46.8 Å². The van der Waals surface area contributed by atoms with Gasteiger partial charge in [-0.1, -0.05) is 35.9 Å². The Morgan fingerprint density at radius 2 is 1.74 bits per heavy atom. The summed E-state index contributed by atoms with van der Waals surface area (Å²) in [5.41, 5.74) is 0.751. The van der Waals surface area contributed by atoms with Crippen molar-refractivity contribution in [3.05, 3.63) is 65.7 Å². The van der Waals surface area contributed by atoms with Crippen molar-refractivity contribution >= 4 is 29.3 Å². The molecule has 9 heteroatoms. The van der Waals surface area contributed by atoms with Crippen molar-refractivity contribution in [2.24, 2.45) is 29.1 Å². The van der Waals surface area contributed by atoms with Gasteiger partial charge in [-0.3, -0.25) is 24.4 Å². The molecule has 9 nitrogen and oxygen atoms in total. The summed E-state index contributed by atoms with van der Waals surface area (Å²) in [5, 5.41) is 20.7. The third-order valence-electron chi connectivity index (χ3n) is 8.88. The van der Waals surface area contributed by atoms with E-state index in [-0.39, 0.29) is 41.2 Å². The van der Waals surface area contributed by atoms with Gasteiger partial charge in [-0.15, -0.1) is 0 Å². The SMILES string of the molecule is CCOc1cc([C@H]2C3=CC[C@@H]4C(=O)N(O)C(=O)[C@@H]4[C@@H]3C[C@H]3C(=O)N(c4ccccc4)C(=O)[C@@]23C)ccc1O. The Balaban J connectivity index is 1.54. The van der Waals surface area contributed by atoms with Crippen LogP contribution in [0.15, 0.2) is 60.2 Å². The molecule has 1 saturated carbocycles. The van der Waals surface area contributed by atoms with Crippen molar-refractivity contribution in [2.45, 2.75) is 32.6 Å². The van der Waals surface area contributed by atoms with E-state index in [0.29, 0.717) is 17.9 Å². The minimum Gasteiger partial charge on any atom is -0.504 e. The number of hydrogen-bond donors (Lipinski definition) is 2. The number of aromatic hydroxyl groups is 1. The first-order valence-corrected chi connectivity index (χ1v) is 12.9. The van der Waals surface area contributed by atoms with Crippen molar-refractivity contribution in [1.82, 2.24) is 5.06 Å². The summed E-state index contributed by atoms with van der Waals surface area (Å²) >= 11 is 0. The van der Waals surface area contributed by atoms with E-state index in [1.807, 2.05) is 6.08 Å². The van der Waals surface area contributed by atoms with E-state index in [2.05, 4.69) is 0 Å². The molecule has 2 aromatic carbocycles. The molecule has 0 bridgehead atoms. The van der Waals surface area contributed by atoms with Crippen molar-refractivity contribution in [3.63, 3.8) is 0 Å². The molecule has 2 heterocycles. The van der Waals surface area contributed by atoms with Crippen LogP contribution < -0.4 is 9.64 Å². The highest BCUT2D eigenvalue weighted by atomic mass is 16.5. The zero-order chi connectivity index (χ0) is 26.9. The lowest BCUT2D eigenvalue weighted by molar-refractivity contribution is -0.173. The number of nitrogens with zero attached hydrogens (tertiary/aromatic N) is 2. The molecule has 2 N–H and O–H groups in total. The standard InChI is InChI=1S/C29H28N2O7/c1-3-38-22-13-15(9-12-21(22)32)24-17-10-11-18-23(27(35)31(37)25(18)33)19(17)14-20-26(34)30(28(36)29(20,24)2)16-7-5-4-6-8-16/h4-10,12-13,18-20,23-24,32,37H,3,11,14H2,1-2H3/t18-,19+,20-,23-,24-,29+/m0/s1. The zero-order valence-corrected chi connectivity index (χ0v) is 21.0. The van der Waals surface area contributed by atoms with Crippen LogP contribution in [-0.2, 0) is 19.2 Å². The predicted molar refractivity (Wildman–Crippen MR) is 134 cm³/mol. The smallest absolute Gasteiger partial charge is 0.257 e. The van der Waals surface area contributed by atoms with Crippen LogP contribution in [-0.4, -0.2) is 45.6 Å². The fraction of sp³-hybridized carbons (Fsp3) is 0.379. The zero-order valence-electron chi connectivity index (χ0n) is 21.0. The molecule has 2 aromatic rings. The number of phenolic OH excluding ortho intramolecular Hbond substituents is 1. The number of para-hydroxylation sites is 1. The van der Waals surface area contributed by atoms with Crippen LogP contribution in [0, 0.1) is 29.1 Å². The van der Waals surface area contributed by atoms with Gasteiger partial charge in [0, 0.05) is 5.92 Å². The highest BCUT2D eigenvalue weighted by Gasteiger charge is 2.67. The number of allylic oxidation sites excluding steroid dienone is 2. The Bertz CT molecular complexity index is 1400. The summed E-state index contributed by atoms with van der Waals surface area (Å²) < 4.78 is 5.63. The van der Waals surface area contributed by atoms with Gasteiger partial charge in [-0.25, -0.2) is 4.90 Å². The van der Waals surface area contributed by atoms with E-state index in [4.69, 9.17) is 4.74 Å². The molecule has 2 aliphatic carbocycles. The average molecular weight is 517 g/mol. The minimum atomic E-state index is -1.19. The second kappa shape index (κ2) is 8.52. The Morgan fingerprint density at radius 1 is 1.00 bits per heavy atom. The number of amides is 4. The molecular formula is C29H28N2O7. The molecule has 0 radical (unpaired) electrons. The summed E-state index contributed by atoms with van der Waals surface area (Å²) in [7, 11) is 0. The average Bonchev–Trinajstić information content (AvgIpc) is 3.25. The molecule has 38 heavy (non-hydrogen) atoms. The van der Waals surface area contributed by atoms with Gasteiger partial charge in [0.1, 0.15) is 0 Å². The largest absolute Gasteiger partial charge is 0.504 e. The number of imide groups is 2. The first kappa shape index (κ1) is 24.4. The molecule has 4 aliphatic rings. The van der Waals surface area contributed by atoms with E-state index in [1.54, 1.807) is 56.3 Å².